The summed E-state index contributed by atoms with van der Waals surface area (Å²) in [5.41, 5.74) is -0.592. The summed E-state index contributed by atoms with van der Waals surface area (Å²) in [4.78, 5) is 26.2. The molecule has 0 aliphatic carbocycles. The van der Waals surface area contributed by atoms with E-state index in [9.17, 15) is 18.0 Å². The van der Waals surface area contributed by atoms with E-state index in [4.69, 9.17) is 4.74 Å². The molecule has 0 saturated carbocycles. The second kappa shape index (κ2) is 5.59. The first-order chi connectivity index (χ1) is 9.59. The van der Waals surface area contributed by atoms with E-state index in [2.05, 4.69) is 0 Å². The van der Waals surface area contributed by atoms with Crippen LogP contribution in [0.25, 0.3) is 0 Å². The van der Waals surface area contributed by atoms with Gasteiger partial charge in [0.2, 0.25) is 5.91 Å². The van der Waals surface area contributed by atoms with Gasteiger partial charge in [0.15, 0.2) is 9.84 Å². The van der Waals surface area contributed by atoms with Crippen LogP contribution in [0.2, 0.25) is 0 Å². The molecule has 2 atom stereocenters. The lowest BCUT2D eigenvalue weighted by Gasteiger charge is -2.28. The van der Waals surface area contributed by atoms with Gasteiger partial charge in [-0.25, -0.2) is 13.2 Å². The van der Waals surface area contributed by atoms with Crippen LogP contribution in [0.4, 0.5) is 0 Å². The summed E-state index contributed by atoms with van der Waals surface area (Å²) in [7, 11) is -3.10. The van der Waals surface area contributed by atoms with Crippen molar-refractivity contribution in [2.75, 3.05) is 18.1 Å². The molecule has 2 heterocycles. The minimum atomic E-state index is -3.10. The van der Waals surface area contributed by atoms with Crippen molar-refractivity contribution in [1.82, 2.24) is 4.90 Å². The summed E-state index contributed by atoms with van der Waals surface area (Å²) in [6.07, 6.45) is 1.69. The van der Waals surface area contributed by atoms with Crippen LogP contribution in [0.3, 0.4) is 0 Å². The van der Waals surface area contributed by atoms with Crippen LogP contribution in [0, 0.1) is 5.92 Å². The molecule has 0 bridgehead atoms. The molecule has 2 aliphatic rings. The zero-order valence-electron chi connectivity index (χ0n) is 12.8. The third-order valence-corrected chi connectivity index (χ3v) is 5.56. The SMILES string of the molecule is CC(C)(C)OC(=O)[C@H]1CCCN1C(=O)C1CCS(=O)(=O)C1. The Morgan fingerprint density at radius 3 is 2.38 bits per heavy atom. The fraction of sp³-hybridized carbons (Fsp3) is 0.857. The fourth-order valence-electron chi connectivity index (χ4n) is 2.87. The third kappa shape index (κ3) is 3.96. The Morgan fingerprint density at radius 1 is 1.19 bits per heavy atom. The Balaban J connectivity index is 2.05. The van der Waals surface area contributed by atoms with Gasteiger partial charge in [-0.05, 0) is 40.0 Å². The van der Waals surface area contributed by atoms with E-state index in [-0.39, 0.29) is 17.4 Å². The zero-order chi connectivity index (χ0) is 15.8. The average molecular weight is 317 g/mol. The van der Waals surface area contributed by atoms with Crippen molar-refractivity contribution in [3.8, 4) is 0 Å². The topological polar surface area (TPSA) is 80.8 Å². The lowest BCUT2D eigenvalue weighted by Crippen LogP contribution is -2.46. The Kier molecular flexibility index (Phi) is 4.33. The van der Waals surface area contributed by atoms with Gasteiger partial charge in [0, 0.05) is 6.54 Å². The molecule has 0 spiro atoms. The molecule has 1 unspecified atom stereocenters. The number of carbonyl (C=O) groups is 2. The molecule has 0 radical (unpaired) electrons. The molecule has 7 heteroatoms. The van der Waals surface area contributed by atoms with Crippen LogP contribution in [0.5, 0.6) is 0 Å². The zero-order valence-corrected chi connectivity index (χ0v) is 13.6. The lowest BCUT2D eigenvalue weighted by molar-refractivity contribution is -0.163. The number of amides is 1. The highest BCUT2D eigenvalue weighted by Crippen LogP contribution is 2.27. The molecule has 0 aromatic rings. The highest BCUT2D eigenvalue weighted by atomic mass is 32.2. The number of nitrogens with zero attached hydrogens (tertiary/aromatic N) is 1. The predicted molar refractivity (Wildman–Crippen MR) is 77.3 cm³/mol. The number of hydrogen-bond donors (Lipinski definition) is 0. The molecule has 2 aliphatic heterocycles. The number of carbonyl (C=O) groups excluding carboxylic acids is 2. The van der Waals surface area contributed by atoms with Gasteiger partial charge in [-0.15, -0.1) is 0 Å². The number of hydrogen-bond acceptors (Lipinski definition) is 5. The first-order valence-corrected chi connectivity index (χ1v) is 9.15. The standard InChI is InChI=1S/C14H23NO5S/c1-14(2,3)20-13(17)11-5-4-7-15(11)12(16)10-6-8-21(18,19)9-10/h10-11H,4-9H2,1-3H3/t10?,11-/m1/s1. The van der Waals surface area contributed by atoms with Gasteiger partial charge < -0.3 is 9.64 Å². The molecule has 0 aromatic carbocycles. The maximum absolute atomic E-state index is 12.5. The number of sulfone groups is 1. The largest absolute Gasteiger partial charge is 0.458 e. The number of ether oxygens (including phenoxy) is 1. The minimum Gasteiger partial charge on any atom is -0.458 e. The van der Waals surface area contributed by atoms with Gasteiger partial charge in [-0.3, -0.25) is 4.79 Å². The first kappa shape index (κ1) is 16.3. The van der Waals surface area contributed by atoms with E-state index in [1.807, 2.05) is 0 Å². The minimum absolute atomic E-state index is 0.0638. The van der Waals surface area contributed by atoms with Crippen molar-refractivity contribution in [2.24, 2.45) is 5.92 Å². The number of esters is 1. The summed E-state index contributed by atoms with van der Waals surface area (Å²) in [6, 6.07) is -0.569. The van der Waals surface area contributed by atoms with Crippen molar-refractivity contribution >= 4 is 21.7 Å². The molecule has 21 heavy (non-hydrogen) atoms. The first-order valence-electron chi connectivity index (χ1n) is 7.33. The Labute approximate surface area is 125 Å². The van der Waals surface area contributed by atoms with E-state index in [0.29, 0.717) is 19.4 Å². The van der Waals surface area contributed by atoms with E-state index < -0.39 is 33.4 Å². The highest BCUT2D eigenvalue weighted by Gasteiger charge is 2.42. The van der Waals surface area contributed by atoms with Crippen molar-refractivity contribution < 1.29 is 22.7 Å². The van der Waals surface area contributed by atoms with Crippen LogP contribution in [-0.2, 0) is 24.2 Å². The molecule has 6 nitrogen and oxygen atoms in total. The summed E-state index contributed by atoms with van der Waals surface area (Å²) in [5, 5.41) is 0. The molecule has 2 fully saturated rings. The van der Waals surface area contributed by atoms with Crippen LogP contribution < -0.4 is 0 Å². The Bertz CT molecular complexity index is 534. The van der Waals surface area contributed by atoms with Crippen LogP contribution in [0.15, 0.2) is 0 Å². The van der Waals surface area contributed by atoms with E-state index in [0.717, 1.165) is 6.42 Å². The van der Waals surface area contributed by atoms with Gasteiger partial charge in [-0.1, -0.05) is 0 Å². The lowest BCUT2D eigenvalue weighted by atomic mass is 10.1. The van der Waals surface area contributed by atoms with Gasteiger partial charge in [0.25, 0.3) is 0 Å². The van der Waals surface area contributed by atoms with Crippen molar-refractivity contribution in [2.45, 2.75) is 51.7 Å². The molecular weight excluding hydrogens is 294 g/mol. The summed E-state index contributed by atoms with van der Waals surface area (Å²) < 4.78 is 28.4. The molecular formula is C14H23NO5S. The van der Waals surface area contributed by atoms with E-state index >= 15 is 0 Å². The predicted octanol–water partition coefficient (Wildman–Crippen LogP) is 0.754. The van der Waals surface area contributed by atoms with Crippen molar-refractivity contribution in [1.29, 1.82) is 0 Å². The van der Waals surface area contributed by atoms with E-state index in [1.165, 1.54) is 4.90 Å². The van der Waals surface area contributed by atoms with Crippen LogP contribution >= 0.6 is 0 Å². The quantitative estimate of drug-likeness (QED) is 0.702. The number of likely N-dealkylation sites (tertiary alicyclic amines) is 1. The second-order valence-corrected chi connectivity index (χ2v) is 9.05. The highest BCUT2D eigenvalue weighted by molar-refractivity contribution is 7.91. The molecule has 0 N–H and O–H groups in total. The fourth-order valence-corrected chi connectivity index (χ4v) is 4.60. The van der Waals surface area contributed by atoms with Gasteiger partial charge in [-0.2, -0.15) is 0 Å². The van der Waals surface area contributed by atoms with Gasteiger partial charge in [0.1, 0.15) is 11.6 Å². The molecule has 1 amide bonds. The van der Waals surface area contributed by atoms with Gasteiger partial charge in [0.05, 0.1) is 17.4 Å². The van der Waals surface area contributed by atoms with Crippen molar-refractivity contribution in [3.63, 3.8) is 0 Å². The molecule has 2 rings (SSSR count). The normalized spacial score (nSPS) is 28.6. The maximum atomic E-state index is 12.5. The summed E-state index contributed by atoms with van der Waals surface area (Å²) in [6.45, 7) is 5.86. The number of rotatable bonds is 2. The van der Waals surface area contributed by atoms with Crippen LogP contribution in [0.1, 0.15) is 40.0 Å². The molecule has 0 aromatic heterocycles. The molecule has 120 valence electrons. The van der Waals surface area contributed by atoms with E-state index in [1.54, 1.807) is 20.8 Å². The average Bonchev–Trinajstić information content (AvgIpc) is 2.92. The monoisotopic (exact) mass is 317 g/mol. The maximum Gasteiger partial charge on any atom is 0.329 e. The third-order valence-electron chi connectivity index (χ3n) is 3.80. The Hall–Kier alpha value is -1.11. The summed E-state index contributed by atoms with van der Waals surface area (Å²) in [5.74, 6) is -1.14. The smallest absolute Gasteiger partial charge is 0.329 e. The van der Waals surface area contributed by atoms with Gasteiger partial charge >= 0.3 is 5.97 Å². The summed E-state index contributed by atoms with van der Waals surface area (Å²) >= 11 is 0. The molecule has 2 saturated heterocycles. The van der Waals surface area contributed by atoms with Crippen molar-refractivity contribution in [3.05, 3.63) is 0 Å². The Morgan fingerprint density at radius 2 is 1.86 bits per heavy atom. The van der Waals surface area contributed by atoms with Crippen LogP contribution in [-0.4, -0.2) is 54.9 Å². The second-order valence-electron chi connectivity index (χ2n) is 6.82.